The zero-order valence-electron chi connectivity index (χ0n) is 20.1. The summed E-state index contributed by atoms with van der Waals surface area (Å²) in [7, 11) is 0. The number of hydrogen-bond acceptors (Lipinski definition) is 7. The number of nitrogens with one attached hydrogen (secondary N) is 4. The molecule has 9 N–H and O–H groups in total. The van der Waals surface area contributed by atoms with Gasteiger partial charge >= 0.3 is 5.97 Å². The van der Waals surface area contributed by atoms with Gasteiger partial charge in [-0.3, -0.25) is 19.2 Å². The van der Waals surface area contributed by atoms with Crippen LogP contribution in [0.3, 0.4) is 0 Å². The minimum absolute atomic E-state index is 0.0264. The van der Waals surface area contributed by atoms with Gasteiger partial charge in [0.15, 0.2) is 0 Å². The van der Waals surface area contributed by atoms with Crippen molar-refractivity contribution in [3.05, 3.63) is 0 Å². The van der Waals surface area contributed by atoms with Crippen molar-refractivity contribution in [1.82, 2.24) is 21.3 Å². The van der Waals surface area contributed by atoms with Gasteiger partial charge in [0.25, 0.3) is 0 Å². The van der Waals surface area contributed by atoms with E-state index in [4.69, 9.17) is 11.5 Å². The summed E-state index contributed by atoms with van der Waals surface area (Å²) in [6.07, 6.45) is 3.23. The van der Waals surface area contributed by atoms with Crippen molar-refractivity contribution in [2.24, 2.45) is 17.4 Å². The van der Waals surface area contributed by atoms with Gasteiger partial charge in [-0.15, -0.1) is 0 Å². The van der Waals surface area contributed by atoms with Crippen molar-refractivity contribution in [2.75, 3.05) is 13.1 Å². The average Bonchev–Trinajstić information content (AvgIpc) is 3.33. The fourth-order valence-corrected chi connectivity index (χ4v) is 3.71. The van der Waals surface area contributed by atoms with E-state index in [1.165, 1.54) is 0 Å². The van der Waals surface area contributed by atoms with Gasteiger partial charge in [-0.1, -0.05) is 20.3 Å². The van der Waals surface area contributed by atoms with Gasteiger partial charge in [0, 0.05) is 6.42 Å². The van der Waals surface area contributed by atoms with Gasteiger partial charge in [0.1, 0.15) is 18.1 Å². The highest BCUT2D eigenvalue weighted by Gasteiger charge is 2.32. The monoisotopic (exact) mass is 484 g/mol. The molecule has 5 atom stereocenters. The Morgan fingerprint density at radius 3 is 2.21 bits per heavy atom. The third kappa shape index (κ3) is 10.0. The highest BCUT2D eigenvalue weighted by molar-refractivity contribution is 5.94. The van der Waals surface area contributed by atoms with Gasteiger partial charge in [-0.2, -0.15) is 0 Å². The molecular formula is C22H40N6O6. The second-order valence-corrected chi connectivity index (χ2v) is 8.77. The number of carboxylic acids is 1. The lowest BCUT2D eigenvalue weighted by Crippen LogP contribution is -2.57. The lowest BCUT2D eigenvalue weighted by molar-refractivity contribution is -0.144. The molecule has 1 fully saturated rings. The molecule has 0 aliphatic carbocycles. The third-order valence-electron chi connectivity index (χ3n) is 6.05. The number of carbonyl (C=O) groups is 5. The maximum absolute atomic E-state index is 13.0. The van der Waals surface area contributed by atoms with Gasteiger partial charge < -0.3 is 37.8 Å². The first-order valence-electron chi connectivity index (χ1n) is 12.0. The van der Waals surface area contributed by atoms with Crippen LogP contribution in [-0.4, -0.2) is 72.0 Å². The molecule has 1 rings (SSSR count). The zero-order chi connectivity index (χ0) is 25.7. The first-order chi connectivity index (χ1) is 16.1. The molecule has 0 aromatic heterocycles. The van der Waals surface area contributed by atoms with E-state index in [0.717, 1.165) is 6.42 Å². The Morgan fingerprint density at radius 1 is 1.03 bits per heavy atom. The van der Waals surface area contributed by atoms with Crippen LogP contribution in [0, 0.1) is 5.92 Å². The second-order valence-electron chi connectivity index (χ2n) is 8.77. The van der Waals surface area contributed by atoms with E-state index >= 15 is 0 Å². The van der Waals surface area contributed by atoms with E-state index in [9.17, 15) is 29.1 Å². The van der Waals surface area contributed by atoms with Crippen LogP contribution in [0.25, 0.3) is 0 Å². The number of nitrogens with two attached hydrogens (primary N) is 2. The molecule has 0 bridgehead atoms. The van der Waals surface area contributed by atoms with Crippen LogP contribution >= 0.6 is 0 Å². The van der Waals surface area contributed by atoms with Crippen LogP contribution in [-0.2, 0) is 24.0 Å². The maximum Gasteiger partial charge on any atom is 0.326 e. The molecule has 0 spiro atoms. The Balaban J connectivity index is 2.96. The SMILES string of the molecule is CCC(C)C(NC(=O)C(CCCCN)NC(=O)C(CCC(N)=O)NC(=O)C1CCCN1)C(=O)O. The molecule has 0 saturated carbocycles. The number of primary amides is 1. The molecule has 1 aliphatic rings. The van der Waals surface area contributed by atoms with E-state index in [2.05, 4.69) is 21.3 Å². The molecule has 5 unspecified atom stereocenters. The number of hydrogen-bond donors (Lipinski definition) is 7. The molecule has 1 aliphatic heterocycles. The highest BCUT2D eigenvalue weighted by atomic mass is 16.4. The Morgan fingerprint density at radius 2 is 1.68 bits per heavy atom. The highest BCUT2D eigenvalue weighted by Crippen LogP contribution is 2.11. The Labute approximate surface area is 200 Å². The first-order valence-corrected chi connectivity index (χ1v) is 12.0. The van der Waals surface area contributed by atoms with Crippen LogP contribution < -0.4 is 32.7 Å². The summed E-state index contributed by atoms with van der Waals surface area (Å²) in [6.45, 7) is 4.63. The van der Waals surface area contributed by atoms with Gasteiger partial charge in [0.2, 0.25) is 23.6 Å². The van der Waals surface area contributed by atoms with Gasteiger partial charge in [-0.05, 0) is 57.5 Å². The second kappa shape index (κ2) is 15.2. The van der Waals surface area contributed by atoms with E-state index in [-0.39, 0.29) is 31.1 Å². The summed E-state index contributed by atoms with van der Waals surface area (Å²) in [5.41, 5.74) is 10.8. The lowest BCUT2D eigenvalue weighted by atomic mass is 9.98. The number of carboxylic acid groups (broad SMARTS) is 1. The van der Waals surface area contributed by atoms with E-state index < -0.39 is 47.9 Å². The Hall–Kier alpha value is -2.73. The van der Waals surface area contributed by atoms with Crippen molar-refractivity contribution in [1.29, 1.82) is 0 Å². The molecule has 12 nitrogen and oxygen atoms in total. The van der Waals surface area contributed by atoms with Gasteiger partial charge in [-0.25, -0.2) is 4.79 Å². The summed E-state index contributed by atoms with van der Waals surface area (Å²) in [5, 5.41) is 20.3. The molecule has 194 valence electrons. The number of amides is 4. The van der Waals surface area contributed by atoms with Crippen molar-refractivity contribution in [3.8, 4) is 0 Å². The number of carbonyl (C=O) groups excluding carboxylic acids is 4. The fraction of sp³-hybridized carbons (Fsp3) is 0.773. The van der Waals surface area contributed by atoms with Gasteiger partial charge in [0.05, 0.1) is 6.04 Å². The van der Waals surface area contributed by atoms with E-state index in [1.54, 1.807) is 6.92 Å². The predicted octanol–water partition coefficient (Wildman–Crippen LogP) is -1.28. The molecule has 4 amide bonds. The first kappa shape index (κ1) is 29.3. The number of rotatable bonds is 16. The average molecular weight is 485 g/mol. The molecule has 0 radical (unpaired) electrons. The maximum atomic E-state index is 13.0. The minimum atomic E-state index is -1.16. The zero-order valence-corrected chi connectivity index (χ0v) is 20.1. The number of unbranched alkanes of at least 4 members (excludes halogenated alkanes) is 1. The van der Waals surface area contributed by atoms with Crippen LogP contribution in [0.2, 0.25) is 0 Å². The summed E-state index contributed by atoms with van der Waals surface area (Å²) < 4.78 is 0. The molecule has 1 heterocycles. The molecule has 12 heteroatoms. The molecular weight excluding hydrogens is 444 g/mol. The quantitative estimate of drug-likeness (QED) is 0.131. The Kier molecular flexibility index (Phi) is 13.1. The third-order valence-corrected chi connectivity index (χ3v) is 6.05. The van der Waals surface area contributed by atoms with Crippen LogP contribution in [0.15, 0.2) is 0 Å². The summed E-state index contributed by atoms with van der Waals surface area (Å²) in [4.78, 5) is 61.4. The van der Waals surface area contributed by atoms with Crippen molar-refractivity contribution in [2.45, 2.75) is 89.4 Å². The van der Waals surface area contributed by atoms with E-state index in [1.807, 2.05) is 6.92 Å². The minimum Gasteiger partial charge on any atom is -0.480 e. The van der Waals surface area contributed by atoms with E-state index in [0.29, 0.717) is 38.8 Å². The molecule has 0 aromatic carbocycles. The molecule has 1 saturated heterocycles. The fourth-order valence-electron chi connectivity index (χ4n) is 3.71. The Bertz CT molecular complexity index is 712. The molecule has 34 heavy (non-hydrogen) atoms. The number of aliphatic carboxylic acids is 1. The summed E-state index contributed by atoms with van der Waals surface area (Å²) in [6, 6.07) is -3.64. The van der Waals surface area contributed by atoms with Crippen molar-refractivity contribution >= 4 is 29.6 Å². The van der Waals surface area contributed by atoms with Crippen molar-refractivity contribution < 1.29 is 29.1 Å². The van der Waals surface area contributed by atoms with Crippen LogP contribution in [0.1, 0.15) is 65.2 Å². The largest absolute Gasteiger partial charge is 0.480 e. The van der Waals surface area contributed by atoms with Crippen LogP contribution in [0.5, 0.6) is 0 Å². The smallest absolute Gasteiger partial charge is 0.326 e. The normalized spacial score (nSPS) is 18.9. The summed E-state index contributed by atoms with van der Waals surface area (Å²) >= 11 is 0. The topological polar surface area (TPSA) is 206 Å². The van der Waals surface area contributed by atoms with Crippen LogP contribution in [0.4, 0.5) is 0 Å². The lowest BCUT2D eigenvalue weighted by Gasteiger charge is -2.26. The standard InChI is InChI=1S/C22H40N6O6/c1-3-13(2)18(22(33)34)28-21(32)15(7-4-5-11-23)26-20(31)16(9-10-17(24)29)27-19(30)14-8-6-12-25-14/h13-16,18,25H,3-12,23H2,1-2H3,(H2,24,29)(H,26,31)(H,27,30)(H,28,32)(H,33,34). The van der Waals surface area contributed by atoms with Crippen molar-refractivity contribution in [3.63, 3.8) is 0 Å². The predicted molar refractivity (Wildman–Crippen MR) is 125 cm³/mol. The summed E-state index contributed by atoms with van der Waals surface area (Å²) in [5.74, 6) is -3.74. The molecule has 0 aromatic rings.